The van der Waals surface area contributed by atoms with E-state index in [9.17, 15) is 0 Å². The zero-order valence-corrected chi connectivity index (χ0v) is 8.93. The van der Waals surface area contributed by atoms with Crippen LogP contribution >= 0.6 is 0 Å². The first-order valence-electron chi connectivity index (χ1n) is 5.03. The molecular formula is C11H16N4. The minimum Gasteiger partial charge on any atom is -0.370 e. The monoisotopic (exact) mass is 204 g/mol. The Labute approximate surface area is 90.0 Å². The summed E-state index contributed by atoms with van der Waals surface area (Å²) in [6, 6.07) is 10.4. The summed E-state index contributed by atoms with van der Waals surface area (Å²) in [6.45, 7) is 2.44. The van der Waals surface area contributed by atoms with Crippen molar-refractivity contribution in [3.8, 4) is 0 Å². The zero-order valence-electron chi connectivity index (χ0n) is 8.93. The highest BCUT2D eigenvalue weighted by Crippen LogP contribution is 2.07. The van der Waals surface area contributed by atoms with E-state index in [-0.39, 0.29) is 0 Å². The SMILES string of the molecule is CN1CN(Cc2ccccc2)CN=C1N. The molecule has 0 bridgehead atoms. The molecule has 1 aromatic carbocycles. The van der Waals surface area contributed by atoms with Gasteiger partial charge in [0, 0.05) is 13.6 Å². The summed E-state index contributed by atoms with van der Waals surface area (Å²) in [5.41, 5.74) is 6.99. The number of rotatable bonds is 2. The largest absolute Gasteiger partial charge is 0.370 e. The van der Waals surface area contributed by atoms with E-state index in [1.807, 2.05) is 18.0 Å². The maximum atomic E-state index is 5.68. The summed E-state index contributed by atoms with van der Waals surface area (Å²) in [6.07, 6.45) is 0. The van der Waals surface area contributed by atoms with Crippen molar-refractivity contribution in [3.05, 3.63) is 35.9 Å². The smallest absolute Gasteiger partial charge is 0.193 e. The summed E-state index contributed by atoms with van der Waals surface area (Å²) in [4.78, 5) is 8.43. The van der Waals surface area contributed by atoms with E-state index in [0.29, 0.717) is 12.6 Å². The Bertz CT molecular complexity index is 347. The van der Waals surface area contributed by atoms with Crippen molar-refractivity contribution >= 4 is 5.96 Å². The van der Waals surface area contributed by atoms with Gasteiger partial charge in [-0.15, -0.1) is 0 Å². The molecule has 0 aliphatic carbocycles. The molecule has 4 nitrogen and oxygen atoms in total. The lowest BCUT2D eigenvalue weighted by molar-refractivity contribution is 0.182. The Morgan fingerprint density at radius 3 is 2.73 bits per heavy atom. The zero-order chi connectivity index (χ0) is 10.7. The van der Waals surface area contributed by atoms with Gasteiger partial charge in [0.05, 0.1) is 13.3 Å². The number of nitrogens with two attached hydrogens (primary N) is 1. The summed E-state index contributed by atoms with van der Waals surface area (Å²) < 4.78 is 0. The molecule has 2 rings (SSSR count). The minimum absolute atomic E-state index is 0.624. The molecule has 0 unspecified atom stereocenters. The molecule has 0 spiro atoms. The quantitative estimate of drug-likeness (QED) is 0.770. The van der Waals surface area contributed by atoms with Gasteiger partial charge >= 0.3 is 0 Å². The lowest BCUT2D eigenvalue weighted by atomic mass is 10.2. The standard InChI is InChI=1S/C11H16N4/c1-14-9-15(8-13-11(14)12)7-10-5-3-2-4-6-10/h2-6H,7-9H2,1H3,(H2,12,13). The van der Waals surface area contributed by atoms with Crippen LogP contribution in [-0.2, 0) is 6.54 Å². The number of aliphatic imine (C=N–C) groups is 1. The van der Waals surface area contributed by atoms with Crippen molar-refractivity contribution < 1.29 is 0 Å². The highest BCUT2D eigenvalue weighted by molar-refractivity contribution is 5.78. The second kappa shape index (κ2) is 4.31. The van der Waals surface area contributed by atoms with Gasteiger partial charge < -0.3 is 10.6 Å². The van der Waals surface area contributed by atoms with Gasteiger partial charge in [-0.25, -0.2) is 4.99 Å². The Morgan fingerprint density at radius 1 is 1.33 bits per heavy atom. The van der Waals surface area contributed by atoms with Crippen LogP contribution in [0.5, 0.6) is 0 Å². The fourth-order valence-corrected chi connectivity index (χ4v) is 1.65. The van der Waals surface area contributed by atoms with E-state index in [0.717, 1.165) is 13.2 Å². The molecule has 1 aromatic rings. The van der Waals surface area contributed by atoms with Gasteiger partial charge in [0.1, 0.15) is 0 Å². The van der Waals surface area contributed by atoms with E-state index < -0.39 is 0 Å². The number of hydrogen-bond acceptors (Lipinski definition) is 4. The molecule has 15 heavy (non-hydrogen) atoms. The van der Waals surface area contributed by atoms with Gasteiger partial charge in [0.25, 0.3) is 0 Å². The molecule has 0 radical (unpaired) electrons. The summed E-state index contributed by atoms with van der Waals surface area (Å²) >= 11 is 0. The second-order valence-electron chi connectivity index (χ2n) is 3.81. The fraction of sp³-hybridized carbons (Fsp3) is 0.364. The van der Waals surface area contributed by atoms with Gasteiger partial charge in [-0.2, -0.15) is 0 Å². The number of benzene rings is 1. The summed E-state index contributed by atoms with van der Waals surface area (Å²) in [7, 11) is 1.95. The van der Waals surface area contributed by atoms with Crippen LogP contribution in [0.25, 0.3) is 0 Å². The van der Waals surface area contributed by atoms with Gasteiger partial charge in [-0.3, -0.25) is 4.90 Å². The van der Waals surface area contributed by atoms with Crippen molar-refractivity contribution in [1.82, 2.24) is 9.80 Å². The van der Waals surface area contributed by atoms with Crippen LogP contribution < -0.4 is 5.73 Å². The van der Waals surface area contributed by atoms with E-state index in [1.54, 1.807) is 0 Å². The second-order valence-corrected chi connectivity index (χ2v) is 3.81. The molecule has 0 fully saturated rings. The van der Waals surface area contributed by atoms with E-state index >= 15 is 0 Å². The topological polar surface area (TPSA) is 44.9 Å². The normalized spacial score (nSPS) is 17.7. The van der Waals surface area contributed by atoms with Crippen LogP contribution in [0.15, 0.2) is 35.3 Å². The predicted octanol–water partition coefficient (Wildman–Crippen LogP) is 0.664. The summed E-state index contributed by atoms with van der Waals surface area (Å²) in [5, 5.41) is 0. The third-order valence-electron chi connectivity index (χ3n) is 2.48. The number of nitrogens with zero attached hydrogens (tertiary/aromatic N) is 3. The average molecular weight is 204 g/mol. The highest BCUT2D eigenvalue weighted by atomic mass is 15.4. The lowest BCUT2D eigenvalue weighted by Crippen LogP contribution is -2.47. The summed E-state index contributed by atoms with van der Waals surface area (Å²) in [5.74, 6) is 0.624. The lowest BCUT2D eigenvalue weighted by Gasteiger charge is -2.31. The van der Waals surface area contributed by atoms with Crippen molar-refractivity contribution in [2.45, 2.75) is 6.54 Å². The molecule has 4 heteroatoms. The Morgan fingerprint density at radius 2 is 2.07 bits per heavy atom. The highest BCUT2D eigenvalue weighted by Gasteiger charge is 2.14. The fourth-order valence-electron chi connectivity index (χ4n) is 1.65. The molecule has 0 saturated carbocycles. The number of guanidine groups is 1. The first-order chi connectivity index (χ1) is 7.25. The van der Waals surface area contributed by atoms with Crippen molar-refractivity contribution in [2.24, 2.45) is 10.7 Å². The van der Waals surface area contributed by atoms with Crippen molar-refractivity contribution in [1.29, 1.82) is 0 Å². The van der Waals surface area contributed by atoms with Crippen LogP contribution in [0.1, 0.15) is 5.56 Å². The molecule has 0 saturated heterocycles. The molecule has 1 aliphatic heterocycles. The third kappa shape index (κ3) is 2.47. The average Bonchev–Trinajstić information content (AvgIpc) is 2.25. The number of hydrogen-bond donors (Lipinski definition) is 1. The molecular weight excluding hydrogens is 188 g/mol. The molecule has 0 amide bonds. The van der Waals surface area contributed by atoms with Crippen LogP contribution in [-0.4, -0.2) is 36.1 Å². The Kier molecular flexibility index (Phi) is 2.87. The van der Waals surface area contributed by atoms with Crippen LogP contribution in [0, 0.1) is 0 Å². The minimum atomic E-state index is 0.624. The van der Waals surface area contributed by atoms with Crippen molar-refractivity contribution in [2.75, 3.05) is 20.4 Å². The van der Waals surface area contributed by atoms with Gasteiger partial charge in [0.15, 0.2) is 5.96 Å². The van der Waals surface area contributed by atoms with E-state index in [2.05, 4.69) is 34.2 Å². The van der Waals surface area contributed by atoms with Crippen LogP contribution in [0.3, 0.4) is 0 Å². The third-order valence-corrected chi connectivity index (χ3v) is 2.48. The molecule has 1 heterocycles. The molecule has 0 atom stereocenters. The van der Waals surface area contributed by atoms with Crippen molar-refractivity contribution in [3.63, 3.8) is 0 Å². The predicted molar refractivity (Wildman–Crippen MR) is 61.1 cm³/mol. The van der Waals surface area contributed by atoms with E-state index in [1.165, 1.54) is 5.56 Å². The van der Waals surface area contributed by atoms with Crippen LogP contribution in [0.2, 0.25) is 0 Å². The molecule has 2 N–H and O–H groups in total. The Hall–Kier alpha value is -1.55. The first kappa shape index (κ1) is 9.98. The van der Waals surface area contributed by atoms with E-state index in [4.69, 9.17) is 5.73 Å². The van der Waals surface area contributed by atoms with Gasteiger partial charge in [0.2, 0.25) is 0 Å². The maximum absolute atomic E-state index is 5.68. The Balaban J connectivity index is 1.98. The molecule has 0 aromatic heterocycles. The van der Waals surface area contributed by atoms with Crippen LogP contribution in [0.4, 0.5) is 0 Å². The maximum Gasteiger partial charge on any atom is 0.193 e. The van der Waals surface area contributed by atoms with Gasteiger partial charge in [-0.05, 0) is 5.56 Å². The first-order valence-corrected chi connectivity index (χ1v) is 5.03. The molecule has 1 aliphatic rings. The van der Waals surface area contributed by atoms with Gasteiger partial charge in [-0.1, -0.05) is 30.3 Å². The molecule has 80 valence electrons.